The van der Waals surface area contributed by atoms with Gasteiger partial charge in [0, 0.05) is 5.54 Å². The molecule has 0 saturated heterocycles. The topological polar surface area (TPSA) is 38.3 Å². The van der Waals surface area contributed by atoms with E-state index in [2.05, 4.69) is 88.4 Å². The summed E-state index contributed by atoms with van der Waals surface area (Å²) in [6.45, 7) is 31.1. The molecule has 0 spiro atoms. The van der Waals surface area contributed by atoms with Crippen LogP contribution in [0, 0.1) is 34.5 Å². The molecule has 3 nitrogen and oxygen atoms in total. The smallest absolute Gasteiger partial charge is 0.408 e. The molecule has 3 heteroatoms. The van der Waals surface area contributed by atoms with Gasteiger partial charge in [0.2, 0.25) is 0 Å². The number of nitrogens with one attached hydrogen (secondary N) is 1. The number of rotatable bonds is 10. The standard InChI is InChI=1S/C25H51NO2/c1-17(2)20(18(3)4)23(9,10)15-24(11,12)26-21(27)28-25(13,14)16-22(7,8)19(5)6/h17-20H,15-16H2,1-14H3,(H,26,27). The maximum Gasteiger partial charge on any atom is 0.408 e. The molecule has 0 aliphatic heterocycles. The molecule has 0 aromatic rings. The molecule has 0 saturated carbocycles. The lowest BCUT2D eigenvalue weighted by molar-refractivity contribution is -0.00949. The minimum Gasteiger partial charge on any atom is -0.444 e. The van der Waals surface area contributed by atoms with Crippen molar-refractivity contribution >= 4 is 6.09 Å². The fourth-order valence-electron chi connectivity index (χ4n) is 5.77. The Hall–Kier alpha value is -0.730. The predicted octanol–water partition coefficient (Wildman–Crippen LogP) is 7.69. The van der Waals surface area contributed by atoms with Gasteiger partial charge in [-0.3, -0.25) is 0 Å². The Bertz CT molecular complexity index is 491. The van der Waals surface area contributed by atoms with Gasteiger partial charge in [0.1, 0.15) is 5.60 Å². The molecule has 0 aliphatic carbocycles. The molecule has 0 heterocycles. The molecule has 0 aromatic carbocycles. The molecule has 1 N–H and O–H groups in total. The molecule has 0 bridgehead atoms. The highest BCUT2D eigenvalue weighted by Gasteiger charge is 2.40. The minimum atomic E-state index is -0.498. The number of alkyl carbamates (subject to hydrolysis) is 1. The zero-order valence-corrected chi connectivity index (χ0v) is 21.5. The quantitative estimate of drug-likeness (QED) is 0.410. The number of amides is 1. The average molecular weight is 398 g/mol. The van der Waals surface area contributed by atoms with E-state index in [1.54, 1.807) is 0 Å². The molecule has 0 atom stereocenters. The van der Waals surface area contributed by atoms with Crippen molar-refractivity contribution in [1.29, 1.82) is 0 Å². The third-order valence-corrected chi connectivity index (χ3v) is 6.49. The van der Waals surface area contributed by atoms with E-state index in [1.807, 2.05) is 13.8 Å². The lowest BCUT2D eigenvalue weighted by atomic mass is 9.63. The molecule has 0 aromatic heterocycles. The normalized spacial score (nSPS) is 14.4. The molecule has 168 valence electrons. The Morgan fingerprint density at radius 3 is 1.54 bits per heavy atom. The minimum absolute atomic E-state index is 0.114. The zero-order chi connectivity index (χ0) is 22.7. The SMILES string of the molecule is CC(C)C(C(C)C)C(C)(C)CC(C)(C)NC(=O)OC(C)(C)CC(C)(C)C(C)C. The van der Waals surface area contributed by atoms with Crippen LogP contribution in [-0.4, -0.2) is 17.2 Å². The zero-order valence-electron chi connectivity index (χ0n) is 21.5. The van der Waals surface area contributed by atoms with Crippen LogP contribution in [0.4, 0.5) is 4.79 Å². The van der Waals surface area contributed by atoms with Gasteiger partial charge < -0.3 is 10.1 Å². The third-order valence-electron chi connectivity index (χ3n) is 6.49. The summed E-state index contributed by atoms with van der Waals surface area (Å²) in [6.07, 6.45) is 1.43. The van der Waals surface area contributed by atoms with Crippen molar-refractivity contribution < 1.29 is 9.53 Å². The molecule has 0 fully saturated rings. The highest BCUT2D eigenvalue weighted by Crippen LogP contribution is 2.43. The highest BCUT2D eigenvalue weighted by molar-refractivity contribution is 5.68. The van der Waals surface area contributed by atoms with Crippen molar-refractivity contribution in [3.8, 4) is 0 Å². The maximum atomic E-state index is 12.7. The van der Waals surface area contributed by atoms with E-state index in [0.29, 0.717) is 23.7 Å². The number of ether oxygens (including phenoxy) is 1. The highest BCUT2D eigenvalue weighted by atomic mass is 16.6. The molecular formula is C25H51NO2. The van der Waals surface area contributed by atoms with E-state index in [-0.39, 0.29) is 22.5 Å². The van der Waals surface area contributed by atoms with Gasteiger partial charge in [0.15, 0.2) is 0 Å². The predicted molar refractivity (Wildman–Crippen MR) is 123 cm³/mol. The van der Waals surface area contributed by atoms with E-state index < -0.39 is 5.60 Å². The molecule has 0 aliphatic rings. The summed E-state index contributed by atoms with van der Waals surface area (Å²) in [4.78, 5) is 12.7. The van der Waals surface area contributed by atoms with Gasteiger partial charge in [-0.05, 0) is 75.0 Å². The lowest BCUT2D eigenvalue weighted by Crippen LogP contribution is -2.50. The van der Waals surface area contributed by atoms with Gasteiger partial charge >= 0.3 is 6.09 Å². The van der Waals surface area contributed by atoms with Crippen LogP contribution >= 0.6 is 0 Å². The summed E-state index contributed by atoms with van der Waals surface area (Å²) in [7, 11) is 0. The summed E-state index contributed by atoms with van der Waals surface area (Å²) < 4.78 is 5.88. The van der Waals surface area contributed by atoms with E-state index >= 15 is 0 Å². The van der Waals surface area contributed by atoms with E-state index in [0.717, 1.165) is 12.8 Å². The summed E-state index contributed by atoms with van der Waals surface area (Å²) in [5.41, 5.74) is -0.592. The largest absolute Gasteiger partial charge is 0.444 e. The van der Waals surface area contributed by atoms with Crippen LogP contribution in [0.5, 0.6) is 0 Å². The van der Waals surface area contributed by atoms with Gasteiger partial charge in [-0.1, -0.05) is 69.2 Å². The van der Waals surface area contributed by atoms with Crippen LogP contribution in [0.1, 0.15) is 110 Å². The second-order valence-corrected chi connectivity index (χ2v) is 12.7. The van der Waals surface area contributed by atoms with Gasteiger partial charge in [0.25, 0.3) is 0 Å². The molecular weight excluding hydrogens is 346 g/mol. The van der Waals surface area contributed by atoms with Gasteiger partial charge in [-0.25, -0.2) is 4.79 Å². The van der Waals surface area contributed by atoms with Crippen LogP contribution in [-0.2, 0) is 4.74 Å². The second kappa shape index (κ2) is 9.39. The monoisotopic (exact) mass is 397 g/mol. The Balaban J connectivity index is 5.12. The number of hydrogen-bond donors (Lipinski definition) is 1. The van der Waals surface area contributed by atoms with Crippen molar-refractivity contribution in [2.45, 2.75) is 121 Å². The van der Waals surface area contributed by atoms with Crippen molar-refractivity contribution in [2.24, 2.45) is 34.5 Å². The van der Waals surface area contributed by atoms with Crippen molar-refractivity contribution in [3.63, 3.8) is 0 Å². The first-order chi connectivity index (χ1) is 12.2. The fraction of sp³-hybridized carbons (Fsp3) is 0.960. The number of hydrogen-bond acceptors (Lipinski definition) is 2. The fourth-order valence-corrected chi connectivity index (χ4v) is 5.77. The molecule has 28 heavy (non-hydrogen) atoms. The van der Waals surface area contributed by atoms with Crippen LogP contribution in [0.15, 0.2) is 0 Å². The number of carbonyl (C=O) groups is 1. The Morgan fingerprint density at radius 2 is 1.18 bits per heavy atom. The summed E-state index contributed by atoms with van der Waals surface area (Å²) in [5, 5.41) is 3.16. The first-order valence-corrected chi connectivity index (χ1v) is 11.2. The van der Waals surface area contributed by atoms with Crippen LogP contribution < -0.4 is 5.32 Å². The Morgan fingerprint density at radius 1 is 0.750 bits per heavy atom. The van der Waals surface area contributed by atoms with Crippen molar-refractivity contribution in [2.75, 3.05) is 0 Å². The summed E-state index contributed by atoms with van der Waals surface area (Å²) in [5.74, 6) is 2.33. The first-order valence-electron chi connectivity index (χ1n) is 11.2. The van der Waals surface area contributed by atoms with Gasteiger partial charge in [-0.15, -0.1) is 0 Å². The van der Waals surface area contributed by atoms with Crippen molar-refractivity contribution in [1.82, 2.24) is 5.32 Å². The first kappa shape index (κ1) is 27.3. The average Bonchev–Trinajstić information content (AvgIpc) is 2.30. The lowest BCUT2D eigenvalue weighted by Gasteiger charge is -2.45. The maximum absolute atomic E-state index is 12.7. The van der Waals surface area contributed by atoms with Crippen LogP contribution in [0.2, 0.25) is 0 Å². The molecule has 0 radical (unpaired) electrons. The van der Waals surface area contributed by atoms with Gasteiger partial charge in [-0.2, -0.15) is 0 Å². The Kier molecular flexibility index (Phi) is 9.14. The van der Waals surface area contributed by atoms with Gasteiger partial charge in [0.05, 0.1) is 0 Å². The number of carbonyl (C=O) groups excluding carboxylic acids is 1. The molecule has 0 unspecified atom stereocenters. The van der Waals surface area contributed by atoms with E-state index in [9.17, 15) is 4.79 Å². The van der Waals surface area contributed by atoms with E-state index in [4.69, 9.17) is 4.74 Å². The molecule has 1 amide bonds. The van der Waals surface area contributed by atoms with Crippen LogP contribution in [0.25, 0.3) is 0 Å². The second-order valence-electron chi connectivity index (χ2n) is 12.7. The summed E-state index contributed by atoms with van der Waals surface area (Å²) in [6, 6.07) is 0. The van der Waals surface area contributed by atoms with E-state index in [1.165, 1.54) is 0 Å². The van der Waals surface area contributed by atoms with Crippen molar-refractivity contribution in [3.05, 3.63) is 0 Å². The van der Waals surface area contributed by atoms with Crippen LogP contribution in [0.3, 0.4) is 0 Å². The Labute approximate surface area is 176 Å². The summed E-state index contributed by atoms with van der Waals surface area (Å²) >= 11 is 0. The third kappa shape index (κ3) is 8.74. The molecule has 0 rings (SSSR count).